The van der Waals surface area contributed by atoms with Gasteiger partial charge in [0.2, 0.25) is 5.91 Å². The van der Waals surface area contributed by atoms with Crippen LogP contribution in [0.2, 0.25) is 5.02 Å². The number of benzene rings is 1. The predicted molar refractivity (Wildman–Crippen MR) is 78.8 cm³/mol. The molecule has 2 aliphatic rings. The average Bonchev–Trinajstić information content (AvgIpc) is 2.77. The molecule has 0 radical (unpaired) electrons. The van der Waals surface area contributed by atoms with Gasteiger partial charge in [-0.1, -0.05) is 11.6 Å². The first kappa shape index (κ1) is 14.8. The Morgan fingerprint density at radius 3 is 2.81 bits per heavy atom. The average molecular weight is 332 g/mol. The molecule has 0 aliphatic carbocycles. The van der Waals surface area contributed by atoms with Crippen molar-refractivity contribution in [2.75, 3.05) is 23.0 Å². The van der Waals surface area contributed by atoms with E-state index in [1.807, 2.05) is 0 Å². The molecule has 2 aliphatic heterocycles. The second-order valence-electron chi connectivity index (χ2n) is 5.59. The maximum atomic E-state index is 14.2. The second kappa shape index (κ2) is 5.25. The number of halogens is 2. The molecule has 1 fully saturated rings. The summed E-state index contributed by atoms with van der Waals surface area (Å²) in [6.45, 7) is 0.418. The highest BCUT2D eigenvalue weighted by molar-refractivity contribution is 7.91. The number of rotatable bonds is 1. The van der Waals surface area contributed by atoms with Gasteiger partial charge < -0.3 is 4.90 Å². The quantitative estimate of drug-likeness (QED) is 0.792. The molecule has 0 unspecified atom stereocenters. The van der Waals surface area contributed by atoms with Crippen molar-refractivity contribution in [3.8, 4) is 0 Å². The van der Waals surface area contributed by atoms with Crippen LogP contribution in [0.15, 0.2) is 12.1 Å². The number of anilines is 1. The summed E-state index contributed by atoms with van der Waals surface area (Å²) >= 11 is 5.85. The molecule has 1 atom stereocenters. The van der Waals surface area contributed by atoms with Crippen LogP contribution in [-0.2, 0) is 21.1 Å². The summed E-state index contributed by atoms with van der Waals surface area (Å²) < 4.78 is 37.2. The molecule has 114 valence electrons. The maximum absolute atomic E-state index is 14.2. The Balaban J connectivity index is 1.94. The van der Waals surface area contributed by atoms with E-state index in [9.17, 15) is 17.6 Å². The number of amides is 1. The highest BCUT2D eigenvalue weighted by Gasteiger charge is 2.37. The molecule has 0 N–H and O–H groups in total. The molecule has 0 bridgehead atoms. The number of hydrogen-bond acceptors (Lipinski definition) is 3. The minimum Gasteiger partial charge on any atom is -0.309 e. The minimum atomic E-state index is -3.14. The van der Waals surface area contributed by atoms with Crippen molar-refractivity contribution < 1.29 is 17.6 Å². The van der Waals surface area contributed by atoms with Crippen molar-refractivity contribution in [2.45, 2.75) is 19.3 Å². The molecule has 2 heterocycles. The summed E-state index contributed by atoms with van der Waals surface area (Å²) in [7, 11) is -3.14. The number of nitrogens with zero attached hydrogens (tertiary/aromatic N) is 1. The lowest BCUT2D eigenvalue weighted by molar-refractivity contribution is -0.121. The van der Waals surface area contributed by atoms with Crippen molar-refractivity contribution in [3.05, 3.63) is 28.5 Å². The van der Waals surface area contributed by atoms with Gasteiger partial charge in [0.1, 0.15) is 5.82 Å². The van der Waals surface area contributed by atoms with Gasteiger partial charge in [-0.3, -0.25) is 4.79 Å². The van der Waals surface area contributed by atoms with Crippen LogP contribution in [0.3, 0.4) is 0 Å². The zero-order valence-electron chi connectivity index (χ0n) is 11.3. The molecule has 21 heavy (non-hydrogen) atoms. The third kappa shape index (κ3) is 2.79. The molecule has 1 amide bonds. The molecule has 0 saturated carbocycles. The molecule has 3 rings (SSSR count). The van der Waals surface area contributed by atoms with Crippen LogP contribution in [0.5, 0.6) is 0 Å². The first-order chi connectivity index (χ1) is 9.87. The molecule has 0 aromatic heterocycles. The van der Waals surface area contributed by atoms with Gasteiger partial charge in [-0.25, -0.2) is 12.8 Å². The minimum absolute atomic E-state index is 0.0349. The lowest BCUT2D eigenvalue weighted by Crippen LogP contribution is -2.40. The number of fused-ring (bicyclic) bond motifs is 1. The number of carbonyl (C=O) groups excluding carboxylic acids is 1. The van der Waals surface area contributed by atoms with Crippen molar-refractivity contribution in [1.82, 2.24) is 0 Å². The van der Waals surface area contributed by atoms with Crippen molar-refractivity contribution in [2.24, 2.45) is 5.92 Å². The number of carbonyl (C=O) groups is 1. The van der Waals surface area contributed by atoms with Gasteiger partial charge in [-0.2, -0.15) is 0 Å². The summed E-state index contributed by atoms with van der Waals surface area (Å²) in [5.74, 6) is -1.47. The highest BCUT2D eigenvalue weighted by atomic mass is 35.5. The summed E-state index contributed by atoms with van der Waals surface area (Å²) in [6, 6.07) is 2.86. The van der Waals surface area contributed by atoms with Gasteiger partial charge in [0.15, 0.2) is 9.84 Å². The fourth-order valence-corrected chi connectivity index (χ4v) is 5.04. The van der Waals surface area contributed by atoms with E-state index in [-0.39, 0.29) is 23.1 Å². The van der Waals surface area contributed by atoms with Gasteiger partial charge in [-0.05, 0) is 37.0 Å². The summed E-state index contributed by atoms with van der Waals surface area (Å²) in [5, 5.41) is 0.309. The lowest BCUT2D eigenvalue weighted by Gasteiger charge is -2.31. The smallest absolute Gasteiger partial charge is 0.231 e. The van der Waals surface area contributed by atoms with E-state index < -0.39 is 21.6 Å². The van der Waals surface area contributed by atoms with Crippen LogP contribution in [0, 0.1) is 11.7 Å². The molecule has 7 heteroatoms. The SMILES string of the molecule is O=C([C@H]1CCS(=O)(=O)C1)N1CCCc2cc(Cl)cc(F)c21. The fourth-order valence-electron chi connectivity index (χ4n) is 3.08. The first-order valence-corrected chi connectivity index (χ1v) is 9.07. The molecule has 1 aromatic carbocycles. The third-order valence-electron chi connectivity index (χ3n) is 4.05. The van der Waals surface area contributed by atoms with Gasteiger partial charge in [0.25, 0.3) is 0 Å². The molecular weight excluding hydrogens is 317 g/mol. The first-order valence-electron chi connectivity index (χ1n) is 6.87. The Morgan fingerprint density at radius 1 is 1.38 bits per heavy atom. The molecule has 1 aromatic rings. The van der Waals surface area contributed by atoms with Crippen molar-refractivity contribution in [1.29, 1.82) is 0 Å². The zero-order chi connectivity index (χ0) is 15.2. The Morgan fingerprint density at radius 2 is 2.14 bits per heavy atom. The van der Waals surface area contributed by atoms with Crippen molar-refractivity contribution >= 4 is 33.0 Å². The van der Waals surface area contributed by atoms with Crippen LogP contribution in [0.1, 0.15) is 18.4 Å². The topological polar surface area (TPSA) is 54.5 Å². The maximum Gasteiger partial charge on any atom is 0.231 e. The Labute approximate surface area is 127 Å². The summed E-state index contributed by atoms with van der Waals surface area (Å²) in [6.07, 6.45) is 1.71. The molecular formula is C14H15ClFNO3S. The summed E-state index contributed by atoms with van der Waals surface area (Å²) in [4.78, 5) is 13.9. The number of sulfone groups is 1. The van der Waals surface area contributed by atoms with E-state index in [4.69, 9.17) is 11.6 Å². The molecule has 1 saturated heterocycles. The van der Waals surface area contributed by atoms with E-state index in [2.05, 4.69) is 0 Å². The van der Waals surface area contributed by atoms with Crippen LogP contribution in [0.4, 0.5) is 10.1 Å². The Hall–Kier alpha value is -1.14. The van der Waals surface area contributed by atoms with Gasteiger partial charge in [-0.15, -0.1) is 0 Å². The Kier molecular flexibility index (Phi) is 3.69. The van der Waals surface area contributed by atoms with Gasteiger partial charge >= 0.3 is 0 Å². The van der Waals surface area contributed by atoms with Gasteiger partial charge in [0, 0.05) is 11.6 Å². The second-order valence-corrected chi connectivity index (χ2v) is 8.25. The van der Waals surface area contributed by atoms with Gasteiger partial charge in [0.05, 0.1) is 23.1 Å². The molecule has 4 nitrogen and oxygen atoms in total. The van der Waals surface area contributed by atoms with Crippen molar-refractivity contribution in [3.63, 3.8) is 0 Å². The summed E-state index contributed by atoms with van der Waals surface area (Å²) in [5.41, 5.74) is 0.973. The normalized spacial score (nSPS) is 23.9. The third-order valence-corrected chi connectivity index (χ3v) is 6.04. The van der Waals surface area contributed by atoms with E-state index in [0.29, 0.717) is 30.0 Å². The number of hydrogen-bond donors (Lipinski definition) is 0. The fraction of sp³-hybridized carbons (Fsp3) is 0.500. The zero-order valence-corrected chi connectivity index (χ0v) is 12.9. The van der Waals surface area contributed by atoms with Crippen LogP contribution < -0.4 is 4.90 Å². The highest BCUT2D eigenvalue weighted by Crippen LogP contribution is 2.34. The lowest BCUT2D eigenvalue weighted by atomic mass is 9.98. The van der Waals surface area contributed by atoms with E-state index in [1.54, 1.807) is 6.07 Å². The van der Waals surface area contributed by atoms with E-state index in [1.165, 1.54) is 11.0 Å². The molecule has 0 spiro atoms. The monoisotopic (exact) mass is 331 g/mol. The van der Waals surface area contributed by atoms with E-state index in [0.717, 1.165) is 6.42 Å². The predicted octanol–water partition coefficient (Wildman–Crippen LogP) is 2.19. The standard InChI is InChI=1S/C14H15ClFNO3S/c15-11-6-9-2-1-4-17(13(9)12(16)7-11)14(18)10-3-5-21(19,20)8-10/h6-7,10H,1-5,8H2/t10-/m0/s1. The van der Waals surface area contributed by atoms with Crippen LogP contribution >= 0.6 is 11.6 Å². The van der Waals surface area contributed by atoms with Crippen LogP contribution in [-0.4, -0.2) is 32.4 Å². The number of aryl methyl sites for hydroxylation is 1. The Bertz CT molecular complexity index is 704. The van der Waals surface area contributed by atoms with Crippen LogP contribution in [0.25, 0.3) is 0 Å². The van der Waals surface area contributed by atoms with E-state index >= 15 is 0 Å². The largest absolute Gasteiger partial charge is 0.309 e.